The highest BCUT2D eigenvalue weighted by molar-refractivity contribution is 5.76. The average Bonchev–Trinajstić information content (AvgIpc) is 2.68. The fourth-order valence-electron chi connectivity index (χ4n) is 2.82. The average molecular weight is 328 g/mol. The second-order valence-corrected chi connectivity index (χ2v) is 6.05. The maximum absolute atomic E-state index is 10.7. The van der Waals surface area contributed by atoms with Gasteiger partial charge < -0.3 is 0 Å². The molecule has 2 nitrogen and oxygen atoms in total. The van der Waals surface area contributed by atoms with Crippen LogP contribution in [0.2, 0.25) is 0 Å². The molecule has 0 aliphatic heterocycles. The van der Waals surface area contributed by atoms with Crippen molar-refractivity contribution in [1.29, 1.82) is 0 Å². The van der Waals surface area contributed by atoms with Crippen molar-refractivity contribution < 1.29 is 9.36 Å². The van der Waals surface area contributed by atoms with Gasteiger partial charge in [0.2, 0.25) is 0 Å². The molecule has 0 spiro atoms. The minimum absolute atomic E-state index is 0.701. The summed E-state index contributed by atoms with van der Waals surface area (Å²) in [6.45, 7) is 3.03. The fraction of sp³-hybridized carbons (Fsp3) is 0.130. The molecule has 3 aromatic rings. The summed E-state index contributed by atoms with van der Waals surface area (Å²) in [6.07, 6.45) is 10.4. The number of aldehydes is 1. The van der Waals surface area contributed by atoms with Gasteiger partial charge in [0.25, 0.3) is 0 Å². The Kier molecular flexibility index (Phi) is 5.53. The van der Waals surface area contributed by atoms with Gasteiger partial charge in [-0.25, -0.2) is 4.57 Å². The molecule has 124 valence electrons. The molecule has 0 aliphatic rings. The Bertz CT molecular complexity index is 864. The van der Waals surface area contributed by atoms with E-state index >= 15 is 0 Å². The molecule has 1 aromatic heterocycles. The van der Waals surface area contributed by atoms with Crippen molar-refractivity contribution in [3.63, 3.8) is 0 Å². The first-order chi connectivity index (χ1) is 12.3. The summed E-state index contributed by atoms with van der Waals surface area (Å²) < 4.78 is 2.21. The second-order valence-electron chi connectivity index (χ2n) is 6.05. The number of carbonyl (C=O) groups excluding carboxylic acids is 1. The predicted molar refractivity (Wildman–Crippen MR) is 102 cm³/mol. The van der Waals surface area contributed by atoms with Gasteiger partial charge in [-0.05, 0) is 23.6 Å². The Hall–Kier alpha value is -3.00. The molecule has 2 heteroatoms. The van der Waals surface area contributed by atoms with Crippen LogP contribution >= 0.6 is 0 Å². The maximum Gasteiger partial charge on any atom is 0.176 e. The molecular weight excluding hydrogens is 306 g/mol. The van der Waals surface area contributed by atoms with Gasteiger partial charge in [0.1, 0.15) is 6.29 Å². The molecule has 3 rings (SSSR count). The van der Waals surface area contributed by atoms with Gasteiger partial charge in [-0.2, -0.15) is 0 Å². The summed E-state index contributed by atoms with van der Waals surface area (Å²) >= 11 is 0. The van der Waals surface area contributed by atoms with E-state index in [2.05, 4.69) is 66.4 Å². The maximum atomic E-state index is 10.7. The van der Waals surface area contributed by atoms with E-state index in [0.29, 0.717) is 5.56 Å². The SMILES string of the molecule is CCc1cc[n+](Cc2ccccc2)cc1/C=C/c1ccc(C=O)cc1. The number of rotatable bonds is 6. The van der Waals surface area contributed by atoms with Crippen molar-refractivity contribution in [3.05, 3.63) is 101 Å². The highest BCUT2D eigenvalue weighted by atomic mass is 16.1. The zero-order valence-corrected chi connectivity index (χ0v) is 14.4. The van der Waals surface area contributed by atoms with E-state index in [1.165, 1.54) is 16.7 Å². The minimum atomic E-state index is 0.701. The number of pyridine rings is 1. The van der Waals surface area contributed by atoms with Crippen LogP contribution in [0.1, 0.15) is 39.5 Å². The Labute approximate surface area is 149 Å². The van der Waals surface area contributed by atoms with Crippen LogP contribution in [0.3, 0.4) is 0 Å². The second kappa shape index (κ2) is 8.20. The molecule has 0 saturated carbocycles. The minimum Gasteiger partial charge on any atom is -0.298 e. The number of aryl methyl sites for hydroxylation is 1. The van der Waals surface area contributed by atoms with E-state index in [4.69, 9.17) is 0 Å². The molecule has 0 aliphatic carbocycles. The monoisotopic (exact) mass is 328 g/mol. The van der Waals surface area contributed by atoms with Crippen LogP contribution in [0, 0.1) is 0 Å². The van der Waals surface area contributed by atoms with E-state index in [-0.39, 0.29) is 0 Å². The molecule has 1 heterocycles. The van der Waals surface area contributed by atoms with Gasteiger partial charge in [0, 0.05) is 22.8 Å². The molecule has 0 atom stereocenters. The van der Waals surface area contributed by atoms with Crippen molar-refractivity contribution >= 4 is 18.4 Å². The summed E-state index contributed by atoms with van der Waals surface area (Å²) in [4.78, 5) is 10.7. The summed E-state index contributed by atoms with van der Waals surface area (Å²) in [5.74, 6) is 0. The van der Waals surface area contributed by atoms with Gasteiger partial charge >= 0.3 is 0 Å². The lowest BCUT2D eigenvalue weighted by Gasteiger charge is -2.04. The third-order valence-electron chi connectivity index (χ3n) is 4.26. The van der Waals surface area contributed by atoms with Crippen LogP contribution in [0.15, 0.2) is 73.1 Å². The highest BCUT2D eigenvalue weighted by Crippen LogP contribution is 2.13. The highest BCUT2D eigenvalue weighted by Gasteiger charge is 2.07. The lowest BCUT2D eigenvalue weighted by molar-refractivity contribution is -0.688. The van der Waals surface area contributed by atoms with Gasteiger partial charge in [-0.15, -0.1) is 0 Å². The number of benzene rings is 2. The molecule has 0 bridgehead atoms. The van der Waals surface area contributed by atoms with Crippen molar-refractivity contribution in [2.24, 2.45) is 0 Å². The molecule has 25 heavy (non-hydrogen) atoms. The molecule has 0 fully saturated rings. The molecule has 0 radical (unpaired) electrons. The van der Waals surface area contributed by atoms with Crippen molar-refractivity contribution in [1.82, 2.24) is 0 Å². The van der Waals surface area contributed by atoms with Crippen LogP contribution in [-0.2, 0) is 13.0 Å². The third kappa shape index (κ3) is 4.51. The summed E-state index contributed by atoms with van der Waals surface area (Å²) in [5.41, 5.74) is 5.62. The smallest absolute Gasteiger partial charge is 0.176 e. The van der Waals surface area contributed by atoms with Crippen molar-refractivity contribution in [2.75, 3.05) is 0 Å². The summed E-state index contributed by atoms with van der Waals surface area (Å²) in [5, 5.41) is 0. The van der Waals surface area contributed by atoms with Crippen LogP contribution in [0.5, 0.6) is 0 Å². The van der Waals surface area contributed by atoms with Gasteiger partial charge in [-0.3, -0.25) is 4.79 Å². The molecule has 0 saturated heterocycles. The van der Waals surface area contributed by atoms with E-state index in [9.17, 15) is 4.79 Å². The normalized spacial score (nSPS) is 10.9. The zero-order chi connectivity index (χ0) is 17.5. The fourth-order valence-corrected chi connectivity index (χ4v) is 2.82. The first kappa shape index (κ1) is 16.8. The van der Waals surface area contributed by atoms with Gasteiger partial charge in [-0.1, -0.05) is 67.6 Å². The first-order valence-electron chi connectivity index (χ1n) is 8.57. The van der Waals surface area contributed by atoms with Gasteiger partial charge in [0.15, 0.2) is 18.9 Å². The topological polar surface area (TPSA) is 20.9 Å². The third-order valence-corrected chi connectivity index (χ3v) is 4.26. The largest absolute Gasteiger partial charge is 0.298 e. The molecule has 0 unspecified atom stereocenters. The molecule has 2 aromatic carbocycles. The van der Waals surface area contributed by atoms with E-state index in [1.54, 1.807) is 0 Å². The Balaban J connectivity index is 1.84. The zero-order valence-electron chi connectivity index (χ0n) is 14.4. The molecule has 0 amide bonds. The van der Waals surface area contributed by atoms with E-state index in [1.807, 2.05) is 30.3 Å². The van der Waals surface area contributed by atoms with Crippen LogP contribution in [0.4, 0.5) is 0 Å². The molecular formula is C23H22NO+. The Morgan fingerprint density at radius 3 is 2.28 bits per heavy atom. The van der Waals surface area contributed by atoms with Crippen LogP contribution < -0.4 is 4.57 Å². The number of carbonyl (C=O) groups is 1. The number of nitrogens with zero attached hydrogens (tertiary/aromatic N) is 1. The van der Waals surface area contributed by atoms with E-state index in [0.717, 1.165) is 24.8 Å². The first-order valence-corrected chi connectivity index (χ1v) is 8.57. The lowest BCUT2D eigenvalue weighted by Crippen LogP contribution is -2.34. The standard InChI is InChI=1S/C23H22NO/c1-2-22-14-15-24(16-20-6-4-3-5-7-20)17-23(22)13-12-19-8-10-21(18-25)11-9-19/h3-15,17-18H,2,16H2,1H3/q+1/b13-12+. The summed E-state index contributed by atoms with van der Waals surface area (Å²) in [6, 6.07) is 20.3. The predicted octanol–water partition coefficient (Wildman–Crippen LogP) is 4.57. The number of hydrogen-bond donors (Lipinski definition) is 0. The number of hydrogen-bond acceptors (Lipinski definition) is 1. The molecule has 0 N–H and O–H groups in total. The van der Waals surface area contributed by atoms with Crippen molar-refractivity contribution in [2.45, 2.75) is 19.9 Å². The van der Waals surface area contributed by atoms with Crippen LogP contribution in [-0.4, -0.2) is 6.29 Å². The van der Waals surface area contributed by atoms with Crippen molar-refractivity contribution in [3.8, 4) is 0 Å². The lowest BCUT2D eigenvalue weighted by atomic mass is 10.1. The van der Waals surface area contributed by atoms with Crippen LogP contribution in [0.25, 0.3) is 12.2 Å². The Morgan fingerprint density at radius 1 is 0.880 bits per heavy atom. The Morgan fingerprint density at radius 2 is 1.60 bits per heavy atom. The van der Waals surface area contributed by atoms with Gasteiger partial charge in [0.05, 0.1) is 0 Å². The summed E-state index contributed by atoms with van der Waals surface area (Å²) in [7, 11) is 0. The quantitative estimate of drug-likeness (QED) is 0.480. The van der Waals surface area contributed by atoms with E-state index < -0.39 is 0 Å². The number of aromatic nitrogens is 1.